The third-order valence-electron chi connectivity index (χ3n) is 7.59. The van der Waals surface area contributed by atoms with Crippen LogP contribution in [0.3, 0.4) is 0 Å². The first-order valence-electron chi connectivity index (χ1n) is 13.0. The van der Waals surface area contributed by atoms with Crippen molar-refractivity contribution in [3.63, 3.8) is 0 Å². The molecule has 1 aliphatic rings. The third-order valence-corrected chi connectivity index (χ3v) is 8.63. The molecule has 0 aliphatic heterocycles. The zero-order valence-electron chi connectivity index (χ0n) is 20.8. The van der Waals surface area contributed by atoms with E-state index in [2.05, 4.69) is 62.4 Å². The molecule has 2 N–H and O–H groups in total. The van der Waals surface area contributed by atoms with Crippen LogP contribution in [0.4, 0.5) is 0 Å². The number of nitrogens with one attached hydrogen (secondary N) is 2. The lowest BCUT2D eigenvalue weighted by Gasteiger charge is -2.21. The minimum atomic E-state index is 0.779. The van der Waals surface area contributed by atoms with Gasteiger partial charge in [-0.3, -0.25) is 20.1 Å². The number of rotatable bonds is 5. The van der Waals surface area contributed by atoms with Crippen LogP contribution in [0.25, 0.3) is 54.9 Å². The molecular formula is C30H28N6S. The van der Waals surface area contributed by atoms with Crippen LogP contribution in [-0.4, -0.2) is 30.1 Å². The minimum Gasteiger partial charge on any atom is -0.352 e. The molecule has 6 heterocycles. The van der Waals surface area contributed by atoms with Gasteiger partial charge in [0, 0.05) is 50.2 Å². The Hall–Kier alpha value is -3.84. The standard InChI is InChI=1S/C30H28N6S/c1-18-7-8-29(37-18)24-15-32-16-27-22(24)11-26(34-27)30-23-12-25(33-17-28(23)35-36-30)21-10-20(13-31-14-21)9-19-5-3-2-4-6-19/h7-8,10-17,19,34H,2-6,9H2,1H3,(H,35,36). The summed E-state index contributed by atoms with van der Waals surface area (Å²) < 4.78 is 0. The third kappa shape index (κ3) is 4.23. The molecule has 0 amide bonds. The zero-order chi connectivity index (χ0) is 24.8. The Balaban J connectivity index is 1.26. The molecule has 0 spiro atoms. The molecular weight excluding hydrogens is 476 g/mol. The Kier molecular flexibility index (Phi) is 5.58. The van der Waals surface area contributed by atoms with E-state index in [1.54, 1.807) is 11.3 Å². The fourth-order valence-electron chi connectivity index (χ4n) is 5.70. The van der Waals surface area contributed by atoms with Crippen molar-refractivity contribution in [1.29, 1.82) is 0 Å². The number of pyridine rings is 3. The van der Waals surface area contributed by atoms with E-state index >= 15 is 0 Å². The number of aromatic nitrogens is 6. The molecule has 7 heteroatoms. The van der Waals surface area contributed by atoms with Crippen LogP contribution in [0, 0.1) is 12.8 Å². The molecule has 0 saturated heterocycles. The lowest BCUT2D eigenvalue weighted by atomic mass is 9.85. The van der Waals surface area contributed by atoms with Crippen LogP contribution in [0.15, 0.2) is 61.3 Å². The summed E-state index contributed by atoms with van der Waals surface area (Å²) in [5, 5.41) is 10.0. The number of H-pyrrole nitrogens is 2. The van der Waals surface area contributed by atoms with Gasteiger partial charge in [-0.05, 0) is 55.2 Å². The molecule has 6 nitrogen and oxygen atoms in total. The van der Waals surface area contributed by atoms with Crippen LogP contribution < -0.4 is 0 Å². The molecule has 0 atom stereocenters. The second kappa shape index (κ2) is 9.23. The van der Waals surface area contributed by atoms with Gasteiger partial charge in [-0.15, -0.1) is 11.3 Å². The van der Waals surface area contributed by atoms with Crippen molar-refractivity contribution in [2.45, 2.75) is 45.4 Å². The Morgan fingerprint density at radius 1 is 0.892 bits per heavy atom. The number of hydrogen-bond donors (Lipinski definition) is 2. The van der Waals surface area contributed by atoms with Gasteiger partial charge in [-0.2, -0.15) is 5.10 Å². The van der Waals surface area contributed by atoms with E-state index in [0.29, 0.717) is 0 Å². The van der Waals surface area contributed by atoms with Crippen molar-refractivity contribution in [2.75, 3.05) is 0 Å². The van der Waals surface area contributed by atoms with Crippen LogP contribution in [0.1, 0.15) is 42.5 Å². The average Bonchev–Trinajstić information content (AvgIpc) is 3.66. The zero-order valence-corrected chi connectivity index (χ0v) is 21.6. The van der Waals surface area contributed by atoms with Gasteiger partial charge in [-0.1, -0.05) is 32.1 Å². The molecule has 1 fully saturated rings. The summed E-state index contributed by atoms with van der Waals surface area (Å²) in [6, 6.07) is 10.9. The van der Waals surface area contributed by atoms with E-state index in [0.717, 1.165) is 62.4 Å². The topological polar surface area (TPSA) is 83.1 Å². The maximum absolute atomic E-state index is 4.74. The molecule has 0 radical (unpaired) electrons. The van der Waals surface area contributed by atoms with Crippen molar-refractivity contribution in [3.8, 4) is 33.1 Å². The van der Waals surface area contributed by atoms with Crippen LogP contribution in [-0.2, 0) is 6.42 Å². The first-order valence-corrected chi connectivity index (χ1v) is 13.9. The number of aromatic amines is 2. The highest BCUT2D eigenvalue weighted by Gasteiger charge is 2.17. The first kappa shape index (κ1) is 22.4. The molecule has 7 rings (SSSR count). The molecule has 1 aliphatic carbocycles. The van der Waals surface area contributed by atoms with Crippen molar-refractivity contribution in [1.82, 2.24) is 30.1 Å². The lowest BCUT2D eigenvalue weighted by molar-refractivity contribution is 0.356. The van der Waals surface area contributed by atoms with Crippen molar-refractivity contribution in [2.24, 2.45) is 5.92 Å². The predicted octanol–water partition coefficient (Wildman–Crippen LogP) is 7.72. The van der Waals surface area contributed by atoms with E-state index in [9.17, 15) is 0 Å². The molecule has 6 aromatic rings. The second-order valence-corrected chi connectivity index (χ2v) is 11.5. The summed E-state index contributed by atoms with van der Waals surface area (Å²) in [6.45, 7) is 2.13. The van der Waals surface area contributed by atoms with Crippen molar-refractivity contribution in [3.05, 3.63) is 71.8 Å². The highest BCUT2D eigenvalue weighted by atomic mass is 32.1. The molecule has 1 saturated carbocycles. The van der Waals surface area contributed by atoms with Crippen molar-refractivity contribution >= 4 is 33.1 Å². The Bertz CT molecular complexity index is 1720. The van der Waals surface area contributed by atoms with Crippen LogP contribution >= 0.6 is 11.3 Å². The number of hydrogen-bond acceptors (Lipinski definition) is 5. The fraction of sp³-hybridized carbons (Fsp3) is 0.267. The number of thiophene rings is 1. The van der Waals surface area contributed by atoms with E-state index in [1.807, 2.05) is 31.0 Å². The number of nitrogens with zero attached hydrogens (tertiary/aromatic N) is 4. The quantitative estimate of drug-likeness (QED) is 0.252. The molecule has 6 aromatic heterocycles. The Labute approximate surface area is 219 Å². The maximum Gasteiger partial charge on any atom is 0.116 e. The molecule has 184 valence electrons. The predicted molar refractivity (Wildman–Crippen MR) is 151 cm³/mol. The molecule has 0 aromatic carbocycles. The Morgan fingerprint density at radius 2 is 1.78 bits per heavy atom. The lowest BCUT2D eigenvalue weighted by Crippen LogP contribution is -2.09. The van der Waals surface area contributed by atoms with E-state index in [4.69, 9.17) is 4.98 Å². The fourth-order valence-corrected chi connectivity index (χ4v) is 6.59. The highest BCUT2D eigenvalue weighted by Crippen LogP contribution is 2.36. The van der Waals surface area contributed by atoms with Gasteiger partial charge in [0.15, 0.2) is 0 Å². The summed E-state index contributed by atoms with van der Waals surface area (Å²) in [4.78, 5) is 19.9. The smallest absolute Gasteiger partial charge is 0.116 e. The van der Waals surface area contributed by atoms with Gasteiger partial charge in [0.2, 0.25) is 0 Å². The highest BCUT2D eigenvalue weighted by molar-refractivity contribution is 7.15. The number of fused-ring (bicyclic) bond motifs is 2. The van der Waals surface area contributed by atoms with E-state index in [1.165, 1.54) is 47.4 Å². The minimum absolute atomic E-state index is 0.779. The monoisotopic (exact) mass is 504 g/mol. The van der Waals surface area contributed by atoms with E-state index in [-0.39, 0.29) is 0 Å². The summed E-state index contributed by atoms with van der Waals surface area (Å²) in [7, 11) is 0. The first-order chi connectivity index (χ1) is 18.2. The van der Waals surface area contributed by atoms with Gasteiger partial charge in [0.05, 0.1) is 34.8 Å². The summed E-state index contributed by atoms with van der Waals surface area (Å²) >= 11 is 1.79. The van der Waals surface area contributed by atoms with Gasteiger partial charge >= 0.3 is 0 Å². The van der Waals surface area contributed by atoms with Crippen LogP contribution in [0.5, 0.6) is 0 Å². The number of aryl methyl sites for hydroxylation is 1. The Morgan fingerprint density at radius 3 is 2.65 bits per heavy atom. The van der Waals surface area contributed by atoms with Gasteiger partial charge in [-0.25, -0.2) is 0 Å². The van der Waals surface area contributed by atoms with Crippen molar-refractivity contribution < 1.29 is 0 Å². The normalized spacial score (nSPS) is 14.6. The molecule has 37 heavy (non-hydrogen) atoms. The SMILES string of the molecule is Cc1ccc(-c2cncc3[nH]c(-c4n[nH]c5cnc(-c6cncc(CC7CCCCC7)c6)cc45)cc23)s1. The van der Waals surface area contributed by atoms with E-state index < -0.39 is 0 Å². The van der Waals surface area contributed by atoms with Gasteiger partial charge < -0.3 is 4.98 Å². The summed E-state index contributed by atoms with van der Waals surface area (Å²) in [6.07, 6.45) is 17.5. The summed E-state index contributed by atoms with van der Waals surface area (Å²) in [5.41, 5.74) is 8.18. The second-order valence-electron chi connectivity index (χ2n) is 10.2. The maximum atomic E-state index is 4.74. The average molecular weight is 505 g/mol. The van der Waals surface area contributed by atoms with Gasteiger partial charge in [0.1, 0.15) is 5.69 Å². The molecule has 0 bridgehead atoms. The molecule has 0 unspecified atom stereocenters. The summed E-state index contributed by atoms with van der Waals surface area (Å²) in [5.74, 6) is 0.779. The largest absolute Gasteiger partial charge is 0.352 e. The van der Waals surface area contributed by atoms with Gasteiger partial charge in [0.25, 0.3) is 0 Å². The van der Waals surface area contributed by atoms with Crippen LogP contribution in [0.2, 0.25) is 0 Å².